The molecule has 0 aromatic rings. The first kappa shape index (κ1) is 22.5. The summed E-state index contributed by atoms with van der Waals surface area (Å²) in [6.07, 6.45) is 16.5. The highest BCUT2D eigenvalue weighted by Gasteiger charge is 2.59. The van der Waals surface area contributed by atoms with Crippen LogP contribution in [0.5, 0.6) is 0 Å². The molecule has 0 radical (unpaired) electrons. The summed E-state index contributed by atoms with van der Waals surface area (Å²) in [4.78, 5) is 0. The van der Waals surface area contributed by atoms with Gasteiger partial charge in [0, 0.05) is 0 Å². The molecule has 0 amide bonds. The van der Waals surface area contributed by atoms with Gasteiger partial charge in [-0.3, -0.25) is 0 Å². The molecule has 2 heteroatoms. The molecular formula is C29H48O2. The van der Waals surface area contributed by atoms with Gasteiger partial charge in [-0.2, -0.15) is 0 Å². The van der Waals surface area contributed by atoms with Crippen LogP contribution >= 0.6 is 0 Å². The Balaban J connectivity index is 1.30. The van der Waals surface area contributed by atoms with Gasteiger partial charge in [-0.15, -0.1) is 0 Å². The Morgan fingerprint density at radius 3 is 2.45 bits per heavy atom. The molecule has 0 saturated heterocycles. The van der Waals surface area contributed by atoms with E-state index in [2.05, 4.69) is 40.7 Å². The van der Waals surface area contributed by atoms with Crippen LogP contribution in [0.4, 0.5) is 0 Å². The van der Waals surface area contributed by atoms with E-state index in [1.165, 1.54) is 57.8 Å². The summed E-state index contributed by atoms with van der Waals surface area (Å²) in [6.45, 7) is 13.4. The van der Waals surface area contributed by atoms with Crippen molar-refractivity contribution in [3.05, 3.63) is 11.6 Å². The predicted octanol–water partition coefficient (Wildman–Crippen LogP) is 7.16. The Morgan fingerprint density at radius 1 is 1.00 bits per heavy atom. The zero-order chi connectivity index (χ0) is 22.0. The summed E-state index contributed by atoms with van der Waals surface area (Å²) in [6, 6.07) is 0. The molecule has 8 atom stereocenters. The molecule has 5 aliphatic rings. The van der Waals surface area contributed by atoms with Gasteiger partial charge in [-0.25, -0.2) is 0 Å². The number of fused-ring (bicyclic) bond motifs is 5. The van der Waals surface area contributed by atoms with Crippen LogP contribution in [0.1, 0.15) is 105 Å². The standard InChI is InChI=1S/C29H48O2/c1-19(2)29(13-6-14-29)31-18-20(3)24-9-10-25-23-8-7-21-17-22(30)11-15-27(21,4)26(23)12-16-28(24,25)5/h7,19-20,22-26,30H,6,8-18H2,1-5H3/t20-,22+,23+,24-,25+,26+,27+,28-/m1/s1. The third kappa shape index (κ3) is 3.40. The van der Waals surface area contributed by atoms with Crippen molar-refractivity contribution >= 4 is 0 Å². The Labute approximate surface area is 191 Å². The van der Waals surface area contributed by atoms with Crippen molar-refractivity contribution in [2.45, 2.75) is 117 Å². The minimum Gasteiger partial charge on any atom is -0.393 e. The Kier molecular flexibility index (Phi) is 5.70. The normalized spacial score (nSPS) is 47.1. The molecule has 0 heterocycles. The van der Waals surface area contributed by atoms with Gasteiger partial charge in [0.05, 0.1) is 18.3 Å². The zero-order valence-corrected chi connectivity index (χ0v) is 21.0. The second-order valence-electron chi connectivity index (χ2n) is 13.2. The van der Waals surface area contributed by atoms with Crippen molar-refractivity contribution < 1.29 is 9.84 Å². The van der Waals surface area contributed by atoms with E-state index >= 15 is 0 Å². The molecule has 1 N–H and O–H groups in total. The molecule has 4 saturated carbocycles. The highest BCUT2D eigenvalue weighted by molar-refractivity contribution is 5.25. The number of rotatable bonds is 5. The number of allylic oxidation sites excluding steroid dienone is 1. The molecular weight excluding hydrogens is 380 g/mol. The average molecular weight is 429 g/mol. The van der Waals surface area contributed by atoms with Crippen LogP contribution in [-0.2, 0) is 4.74 Å². The van der Waals surface area contributed by atoms with E-state index in [0.29, 0.717) is 22.7 Å². The van der Waals surface area contributed by atoms with Gasteiger partial charge in [-0.05, 0) is 117 Å². The molecule has 31 heavy (non-hydrogen) atoms. The monoisotopic (exact) mass is 428 g/mol. The van der Waals surface area contributed by atoms with E-state index in [1.807, 2.05) is 0 Å². The largest absolute Gasteiger partial charge is 0.393 e. The summed E-state index contributed by atoms with van der Waals surface area (Å²) in [5.41, 5.74) is 2.66. The fourth-order valence-corrected chi connectivity index (χ4v) is 9.44. The number of aliphatic hydroxyl groups is 1. The Morgan fingerprint density at radius 2 is 1.77 bits per heavy atom. The van der Waals surface area contributed by atoms with E-state index in [-0.39, 0.29) is 11.7 Å². The van der Waals surface area contributed by atoms with Crippen LogP contribution in [0.25, 0.3) is 0 Å². The Bertz CT molecular complexity index is 706. The minimum atomic E-state index is -0.0914. The maximum atomic E-state index is 10.3. The fraction of sp³-hybridized carbons (Fsp3) is 0.931. The molecule has 0 unspecified atom stereocenters. The van der Waals surface area contributed by atoms with Crippen molar-refractivity contribution in [3.63, 3.8) is 0 Å². The molecule has 0 aliphatic heterocycles. The molecule has 0 aromatic carbocycles. The van der Waals surface area contributed by atoms with Crippen molar-refractivity contribution in [1.82, 2.24) is 0 Å². The lowest BCUT2D eigenvalue weighted by Crippen LogP contribution is -2.51. The highest BCUT2D eigenvalue weighted by Crippen LogP contribution is 2.67. The van der Waals surface area contributed by atoms with Crippen LogP contribution in [0.15, 0.2) is 11.6 Å². The number of ether oxygens (including phenoxy) is 1. The van der Waals surface area contributed by atoms with Crippen LogP contribution in [0, 0.1) is 46.3 Å². The smallest absolute Gasteiger partial charge is 0.0705 e. The lowest BCUT2D eigenvalue weighted by Gasteiger charge is -2.58. The number of hydrogen-bond donors (Lipinski definition) is 1. The van der Waals surface area contributed by atoms with Crippen molar-refractivity contribution in [2.24, 2.45) is 46.3 Å². The van der Waals surface area contributed by atoms with E-state index < -0.39 is 0 Å². The van der Waals surface area contributed by atoms with Gasteiger partial charge in [0.25, 0.3) is 0 Å². The molecule has 5 aliphatic carbocycles. The molecule has 0 bridgehead atoms. The molecule has 0 spiro atoms. The van der Waals surface area contributed by atoms with Crippen LogP contribution in [0.3, 0.4) is 0 Å². The van der Waals surface area contributed by atoms with Gasteiger partial charge in [0.15, 0.2) is 0 Å². The number of hydrogen-bond acceptors (Lipinski definition) is 2. The van der Waals surface area contributed by atoms with Gasteiger partial charge in [0.1, 0.15) is 0 Å². The van der Waals surface area contributed by atoms with Gasteiger partial charge in [0.2, 0.25) is 0 Å². The van der Waals surface area contributed by atoms with Crippen molar-refractivity contribution in [1.29, 1.82) is 0 Å². The second kappa shape index (κ2) is 7.86. The summed E-state index contributed by atoms with van der Waals surface area (Å²) >= 11 is 0. The summed E-state index contributed by atoms with van der Waals surface area (Å²) in [5.74, 6) is 4.76. The first-order valence-electron chi connectivity index (χ1n) is 13.7. The number of aliphatic hydroxyl groups excluding tert-OH is 1. The third-order valence-electron chi connectivity index (χ3n) is 11.7. The highest BCUT2D eigenvalue weighted by atomic mass is 16.5. The fourth-order valence-electron chi connectivity index (χ4n) is 9.44. The van der Waals surface area contributed by atoms with Gasteiger partial charge < -0.3 is 9.84 Å². The summed E-state index contributed by atoms with van der Waals surface area (Å²) in [7, 11) is 0. The van der Waals surface area contributed by atoms with E-state index in [9.17, 15) is 5.11 Å². The zero-order valence-electron chi connectivity index (χ0n) is 21.0. The summed E-state index contributed by atoms with van der Waals surface area (Å²) < 4.78 is 6.70. The van der Waals surface area contributed by atoms with Crippen LogP contribution in [0.2, 0.25) is 0 Å². The first-order valence-corrected chi connectivity index (χ1v) is 13.7. The van der Waals surface area contributed by atoms with Crippen molar-refractivity contribution in [2.75, 3.05) is 6.61 Å². The SMILES string of the molecule is CC(C)C1(OC[C@@H](C)[C@H]2CC[C@H]3[C@@H]4CC=C5C[C@@H](O)CC[C@]5(C)[C@H]4CC[C@]23C)CCC1. The lowest BCUT2D eigenvalue weighted by molar-refractivity contribution is -0.148. The molecule has 176 valence electrons. The van der Waals surface area contributed by atoms with Crippen LogP contribution < -0.4 is 0 Å². The van der Waals surface area contributed by atoms with Gasteiger partial charge in [-0.1, -0.05) is 46.3 Å². The van der Waals surface area contributed by atoms with Crippen molar-refractivity contribution in [3.8, 4) is 0 Å². The molecule has 5 rings (SSSR count). The maximum absolute atomic E-state index is 10.3. The summed E-state index contributed by atoms with van der Waals surface area (Å²) in [5, 5.41) is 10.3. The molecule has 0 aromatic heterocycles. The van der Waals surface area contributed by atoms with E-state index in [0.717, 1.165) is 43.1 Å². The minimum absolute atomic E-state index is 0.0914. The second-order valence-corrected chi connectivity index (χ2v) is 13.2. The lowest BCUT2D eigenvalue weighted by atomic mass is 9.47. The van der Waals surface area contributed by atoms with E-state index in [1.54, 1.807) is 5.57 Å². The maximum Gasteiger partial charge on any atom is 0.0705 e. The third-order valence-corrected chi connectivity index (χ3v) is 11.7. The molecule has 4 fully saturated rings. The Hall–Kier alpha value is -0.340. The quantitative estimate of drug-likeness (QED) is 0.471. The topological polar surface area (TPSA) is 29.5 Å². The van der Waals surface area contributed by atoms with E-state index in [4.69, 9.17) is 4.74 Å². The average Bonchev–Trinajstić information content (AvgIpc) is 3.04. The molecule has 2 nitrogen and oxygen atoms in total. The predicted molar refractivity (Wildman–Crippen MR) is 128 cm³/mol. The first-order chi connectivity index (χ1) is 14.7. The van der Waals surface area contributed by atoms with Gasteiger partial charge >= 0.3 is 0 Å². The van der Waals surface area contributed by atoms with Crippen LogP contribution in [-0.4, -0.2) is 23.4 Å².